The van der Waals surface area contributed by atoms with Crippen molar-refractivity contribution in [2.45, 2.75) is 6.42 Å². The number of aromatic carboxylic acids is 1. The second-order valence-corrected chi connectivity index (χ2v) is 2.49. The molecule has 0 aliphatic heterocycles. The molecule has 0 spiro atoms. The Labute approximate surface area is 81.2 Å². The lowest BCUT2D eigenvalue weighted by molar-refractivity contribution is 0.0690. The van der Waals surface area contributed by atoms with Crippen LogP contribution in [0.2, 0.25) is 0 Å². The van der Waals surface area contributed by atoms with Gasteiger partial charge in [-0.2, -0.15) is 0 Å². The Hall–Kier alpha value is -1.86. The molecule has 1 heterocycles. The van der Waals surface area contributed by atoms with E-state index in [9.17, 15) is 4.79 Å². The van der Waals surface area contributed by atoms with E-state index in [1.54, 1.807) is 12.1 Å². The van der Waals surface area contributed by atoms with Crippen molar-refractivity contribution in [3.05, 3.63) is 29.6 Å². The molecule has 4 heteroatoms. The van der Waals surface area contributed by atoms with Gasteiger partial charge in [0, 0.05) is 6.42 Å². The number of hydrogen-bond donors (Lipinski definition) is 2. The standard InChI is InChI=1S/C10H9NO3/c12-7-2-1-4-8-5-3-6-9(11-8)10(13)14/h3,5-6,12H,2,7H2,(H,13,14). The van der Waals surface area contributed by atoms with Gasteiger partial charge in [-0.05, 0) is 18.1 Å². The quantitative estimate of drug-likeness (QED) is 0.668. The first-order valence-corrected chi connectivity index (χ1v) is 4.04. The summed E-state index contributed by atoms with van der Waals surface area (Å²) < 4.78 is 0. The number of nitrogens with zero attached hydrogens (tertiary/aromatic N) is 1. The predicted molar refractivity (Wildman–Crippen MR) is 49.8 cm³/mol. The summed E-state index contributed by atoms with van der Waals surface area (Å²) in [5.41, 5.74) is 0.374. The van der Waals surface area contributed by atoms with Gasteiger partial charge in [0.15, 0.2) is 0 Å². The number of aliphatic hydroxyl groups excluding tert-OH is 1. The van der Waals surface area contributed by atoms with Gasteiger partial charge in [-0.1, -0.05) is 12.0 Å². The van der Waals surface area contributed by atoms with Gasteiger partial charge in [0.2, 0.25) is 0 Å². The normalized spacial score (nSPS) is 8.93. The Bertz CT molecular complexity index is 390. The summed E-state index contributed by atoms with van der Waals surface area (Å²) in [6, 6.07) is 4.61. The summed E-state index contributed by atoms with van der Waals surface area (Å²) in [5, 5.41) is 17.1. The molecule has 0 saturated heterocycles. The first kappa shape index (κ1) is 10.2. The molecule has 0 aliphatic carbocycles. The van der Waals surface area contributed by atoms with Crippen molar-refractivity contribution in [2.75, 3.05) is 6.61 Å². The topological polar surface area (TPSA) is 70.4 Å². The maximum absolute atomic E-state index is 10.5. The molecule has 1 aromatic rings. The van der Waals surface area contributed by atoms with Crippen LogP contribution in [0.25, 0.3) is 0 Å². The van der Waals surface area contributed by atoms with Crippen LogP contribution in [0.3, 0.4) is 0 Å². The molecule has 0 atom stereocenters. The molecule has 0 aromatic carbocycles. The summed E-state index contributed by atoms with van der Waals surface area (Å²) in [4.78, 5) is 14.3. The molecular formula is C10H9NO3. The maximum atomic E-state index is 10.5. The van der Waals surface area contributed by atoms with Crippen LogP contribution in [0.1, 0.15) is 22.6 Å². The van der Waals surface area contributed by atoms with Crippen molar-refractivity contribution in [2.24, 2.45) is 0 Å². The Morgan fingerprint density at radius 3 is 2.93 bits per heavy atom. The molecule has 1 rings (SSSR count). The Morgan fingerprint density at radius 2 is 2.29 bits per heavy atom. The van der Waals surface area contributed by atoms with Crippen LogP contribution in [0.4, 0.5) is 0 Å². The number of rotatable bonds is 2. The molecule has 2 N–H and O–H groups in total. The molecule has 0 saturated carbocycles. The van der Waals surface area contributed by atoms with Crippen LogP contribution in [0.15, 0.2) is 18.2 Å². The molecule has 72 valence electrons. The zero-order valence-corrected chi connectivity index (χ0v) is 7.40. The van der Waals surface area contributed by atoms with Crippen LogP contribution >= 0.6 is 0 Å². The molecule has 0 fully saturated rings. The average molecular weight is 191 g/mol. The molecule has 0 radical (unpaired) electrons. The predicted octanol–water partition coefficient (Wildman–Crippen LogP) is 0.514. The van der Waals surface area contributed by atoms with Crippen LogP contribution < -0.4 is 0 Å². The van der Waals surface area contributed by atoms with Gasteiger partial charge in [-0.25, -0.2) is 9.78 Å². The van der Waals surface area contributed by atoms with Gasteiger partial charge in [-0.3, -0.25) is 0 Å². The summed E-state index contributed by atoms with van der Waals surface area (Å²) in [6.07, 6.45) is 0.360. The molecule has 4 nitrogen and oxygen atoms in total. The SMILES string of the molecule is O=C(O)c1cccc(C#CCCO)n1. The molecule has 0 aliphatic rings. The van der Waals surface area contributed by atoms with Crippen molar-refractivity contribution in [3.63, 3.8) is 0 Å². The molecule has 1 aromatic heterocycles. The van der Waals surface area contributed by atoms with Crippen molar-refractivity contribution < 1.29 is 15.0 Å². The first-order valence-electron chi connectivity index (χ1n) is 4.04. The highest BCUT2D eigenvalue weighted by molar-refractivity contribution is 5.85. The maximum Gasteiger partial charge on any atom is 0.354 e. The first-order chi connectivity index (χ1) is 6.74. The smallest absolute Gasteiger partial charge is 0.354 e. The highest BCUT2D eigenvalue weighted by Gasteiger charge is 2.02. The van der Waals surface area contributed by atoms with Gasteiger partial charge in [0.25, 0.3) is 0 Å². The number of carboxylic acid groups (broad SMARTS) is 1. The van der Waals surface area contributed by atoms with Crippen molar-refractivity contribution in [3.8, 4) is 11.8 Å². The van der Waals surface area contributed by atoms with E-state index < -0.39 is 5.97 Å². The second-order valence-electron chi connectivity index (χ2n) is 2.49. The van der Waals surface area contributed by atoms with Crippen molar-refractivity contribution in [1.82, 2.24) is 4.98 Å². The molecule has 0 unspecified atom stereocenters. The third-order valence-electron chi connectivity index (χ3n) is 1.42. The van der Waals surface area contributed by atoms with E-state index in [4.69, 9.17) is 10.2 Å². The summed E-state index contributed by atoms with van der Waals surface area (Å²) in [6.45, 7) is -0.00831. The Morgan fingerprint density at radius 1 is 1.50 bits per heavy atom. The van der Waals surface area contributed by atoms with Gasteiger partial charge >= 0.3 is 5.97 Å². The zero-order valence-electron chi connectivity index (χ0n) is 7.40. The lowest BCUT2D eigenvalue weighted by atomic mass is 10.3. The molecule has 14 heavy (non-hydrogen) atoms. The van der Waals surface area contributed by atoms with Crippen molar-refractivity contribution >= 4 is 5.97 Å². The Balaban J connectivity index is 2.85. The third kappa shape index (κ3) is 2.88. The van der Waals surface area contributed by atoms with E-state index in [0.29, 0.717) is 12.1 Å². The monoisotopic (exact) mass is 191 g/mol. The number of aliphatic hydroxyl groups is 1. The minimum atomic E-state index is -1.07. The number of carbonyl (C=O) groups is 1. The van der Waals surface area contributed by atoms with Gasteiger partial charge < -0.3 is 10.2 Å². The molecule has 0 bridgehead atoms. The number of pyridine rings is 1. The Kier molecular flexibility index (Phi) is 3.65. The third-order valence-corrected chi connectivity index (χ3v) is 1.42. The molecule has 0 amide bonds. The lowest BCUT2D eigenvalue weighted by Crippen LogP contribution is -2.00. The fraction of sp³-hybridized carbons (Fsp3) is 0.200. The van der Waals surface area contributed by atoms with Gasteiger partial charge in [0.05, 0.1) is 6.61 Å². The van der Waals surface area contributed by atoms with E-state index in [1.807, 2.05) is 0 Å². The summed E-state index contributed by atoms with van der Waals surface area (Å²) in [5.74, 6) is 4.25. The molecular weight excluding hydrogens is 182 g/mol. The number of carboxylic acids is 1. The van der Waals surface area contributed by atoms with E-state index in [0.717, 1.165) is 0 Å². The second kappa shape index (κ2) is 5.00. The van der Waals surface area contributed by atoms with E-state index in [-0.39, 0.29) is 12.3 Å². The fourth-order valence-corrected chi connectivity index (χ4v) is 0.832. The van der Waals surface area contributed by atoms with Gasteiger partial charge in [0.1, 0.15) is 11.4 Å². The summed E-state index contributed by atoms with van der Waals surface area (Å²) >= 11 is 0. The largest absolute Gasteiger partial charge is 0.477 e. The zero-order chi connectivity index (χ0) is 10.4. The lowest BCUT2D eigenvalue weighted by Gasteiger charge is -1.93. The van der Waals surface area contributed by atoms with E-state index in [2.05, 4.69) is 16.8 Å². The van der Waals surface area contributed by atoms with Crippen LogP contribution in [0.5, 0.6) is 0 Å². The van der Waals surface area contributed by atoms with Gasteiger partial charge in [-0.15, -0.1) is 0 Å². The number of aromatic nitrogens is 1. The van der Waals surface area contributed by atoms with Crippen LogP contribution in [-0.4, -0.2) is 27.8 Å². The van der Waals surface area contributed by atoms with E-state index in [1.165, 1.54) is 6.07 Å². The number of hydrogen-bond acceptors (Lipinski definition) is 3. The minimum Gasteiger partial charge on any atom is -0.477 e. The fourth-order valence-electron chi connectivity index (χ4n) is 0.832. The highest BCUT2D eigenvalue weighted by Crippen LogP contribution is 1.97. The average Bonchev–Trinajstić information content (AvgIpc) is 2.19. The van der Waals surface area contributed by atoms with Crippen LogP contribution in [0, 0.1) is 11.8 Å². The minimum absolute atomic E-state index is 0.00831. The highest BCUT2D eigenvalue weighted by atomic mass is 16.4. The van der Waals surface area contributed by atoms with E-state index >= 15 is 0 Å². The summed E-state index contributed by atoms with van der Waals surface area (Å²) in [7, 11) is 0. The van der Waals surface area contributed by atoms with Crippen LogP contribution in [-0.2, 0) is 0 Å². The van der Waals surface area contributed by atoms with Crippen molar-refractivity contribution in [1.29, 1.82) is 0 Å².